The van der Waals surface area contributed by atoms with Crippen LogP contribution in [0.1, 0.15) is 37.8 Å². The minimum Gasteiger partial charge on any atom is -0.373 e. The highest BCUT2D eigenvalue weighted by Gasteiger charge is 2.20. The fourth-order valence-corrected chi connectivity index (χ4v) is 1.67. The van der Waals surface area contributed by atoms with E-state index in [0.29, 0.717) is 17.4 Å². The number of hydrogen-bond acceptors (Lipinski definition) is 5. The summed E-state index contributed by atoms with van der Waals surface area (Å²) < 4.78 is 15.7. The van der Waals surface area contributed by atoms with E-state index in [1.807, 2.05) is 0 Å². The number of aromatic nitrogens is 2. The molecule has 0 spiro atoms. The minimum absolute atomic E-state index is 0.121. The standard InChI is InChI=1S/C12H20N2O3/c1-8(2)10(15-3)11-13-7-6-9(14-11)12(16-4)17-5/h6-8,10,12H,1-5H3. The Balaban J connectivity index is 2.99. The quantitative estimate of drug-likeness (QED) is 0.713. The largest absolute Gasteiger partial charge is 0.373 e. The summed E-state index contributed by atoms with van der Waals surface area (Å²) in [7, 11) is 4.81. The predicted octanol–water partition coefficient (Wildman–Crippen LogP) is 2.11. The van der Waals surface area contributed by atoms with Crippen LogP contribution in [0.15, 0.2) is 12.3 Å². The normalized spacial score (nSPS) is 13.4. The average molecular weight is 240 g/mol. The van der Waals surface area contributed by atoms with Crippen molar-refractivity contribution in [2.45, 2.75) is 26.2 Å². The van der Waals surface area contributed by atoms with Crippen molar-refractivity contribution >= 4 is 0 Å². The maximum atomic E-state index is 5.39. The third-order valence-corrected chi connectivity index (χ3v) is 2.48. The van der Waals surface area contributed by atoms with Gasteiger partial charge in [-0.05, 0) is 12.0 Å². The van der Waals surface area contributed by atoms with Crippen molar-refractivity contribution in [2.24, 2.45) is 5.92 Å². The van der Waals surface area contributed by atoms with Gasteiger partial charge >= 0.3 is 0 Å². The highest BCUT2D eigenvalue weighted by molar-refractivity contribution is 5.06. The van der Waals surface area contributed by atoms with Crippen molar-refractivity contribution in [1.82, 2.24) is 9.97 Å². The van der Waals surface area contributed by atoms with Crippen LogP contribution in [0.4, 0.5) is 0 Å². The van der Waals surface area contributed by atoms with Gasteiger partial charge in [0.05, 0.1) is 0 Å². The lowest BCUT2D eigenvalue weighted by Gasteiger charge is -2.19. The number of ether oxygens (including phenoxy) is 3. The van der Waals surface area contributed by atoms with Gasteiger partial charge in [0.15, 0.2) is 5.82 Å². The van der Waals surface area contributed by atoms with Crippen molar-refractivity contribution in [3.63, 3.8) is 0 Å². The van der Waals surface area contributed by atoms with Gasteiger partial charge in [-0.1, -0.05) is 13.8 Å². The highest BCUT2D eigenvalue weighted by Crippen LogP contribution is 2.23. The molecule has 0 saturated heterocycles. The Morgan fingerprint density at radius 2 is 1.71 bits per heavy atom. The molecule has 0 aliphatic carbocycles. The Bertz CT molecular complexity index is 340. The fourth-order valence-electron chi connectivity index (χ4n) is 1.67. The molecule has 0 saturated carbocycles. The third-order valence-electron chi connectivity index (χ3n) is 2.48. The molecule has 0 aromatic carbocycles. The van der Waals surface area contributed by atoms with Gasteiger partial charge in [-0.2, -0.15) is 0 Å². The molecule has 1 aromatic heterocycles. The van der Waals surface area contributed by atoms with Crippen LogP contribution in [0.3, 0.4) is 0 Å². The molecule has 17 heavy (non-hydrogen) atoms. The molecule has 1 aromatic rings. The molecule has 5 nitrogen and oxygen atoms in total. The summed E-state index contributed by atoms with van der Waals surface area (Å²) in [5.74, 6) is 0.956. The maximum absolute atomic E-state index is 5.39. The van der Waals surface area contributed by atoms with Gasteiger partial charge in [-0.15, -0.1) is 0 Å². The van der Waals surface area contributed by atoms with Crippen molar-refractivity contribution in [3.8, 4) is 0 Å². The molecular formula is C12H20N2O3. The van der Waals surface area contributed by atoms with Crippen LogP contribution >= 0.6 is 0 Å². The zero-order valence-corrected chi connectivity index (χ0v) is 11.0. The molecule has 1 rings (SSSR count). The van der Waals surface area contributed by atoms with E-state index >= 15 is 0 Å². The summed E-state index contributed by atoms with van der Waals surface area (Å²) in [5, 5.41) is 0. The summed E-state index contributed by atoms with van der Waals surface area (Å²) in [6.07, 6.45) is 1.10. The van der Waals surface area contributed by atoms with Crippen LogP contribution in [0.2, 0.25) is 0 Å². The van der Waals surface area contributed by atoms with E-state index in [1.165, 1.54) is 0 Å². The number of methoxy groups -OCH3 is 3. The molecule has 1 heterocycles. The Hall–Kier alpha value is -1.04. The van der Waals surface area contributed by atoms with Crippen molar-refractivity contribution < 1.29 is 14.2 Å². The van der Waals surface area contributed by atoms with Crippen LogP contribution in [0, 0.1) is 5.92 Å². The minimum atomic E-state index is -0.471. The van der Waals surface area contributed by atoms with Crippen molar-refractivity contribution in [2.75, 3.05) is 21.3 Å². The molecule has 5 heteroatoms. The van der Waals surface area contributed by atoms with E-state index in [2.05, 4.69) is 23.8 Å². The lowest BCUT2D eigenvalue weighted by atomic mass is 10.1. The van der Waals surface area contributed by atoms with Gasteiger partial charge in [0.25, 0.3) is 0 Å². The van der Waals surface area contributed by atoms with Gasteiger partial charge in [-0.3, -0.25) is 0 Å². The molecule has 1 unspecified atom stereocenters. The molecule has 1 atom stereocenters. The summed E-state index contributed by atoms with van der Waals surface area (Å²) in [4.78, 5) is 8.66. The maximum Gasteiger partial charge on any atom is 0.200 e. The van der Waals surface area contributed by atoms with E-state index in [-0.39, 0.29) is 6.10 Å². The SMILES string of the molecule is COC(OC)c1ccnc(C(OC)C(C)C)n1. The second-order valence-corrected chi connectivity index (χ2v) is 4.04. The van der Waals surface area contributed by atoms with Crippen LogP contribution in [-0.4, -0.2) is 31.3 Å². The lowest BCUT2D eigenvalue weighted by Crippen LogP contribution is -2.15. The predicted molar refractivity (Wildman–Crippen MR) is 63.4 cm³/mol. The number of hydrogen-bond donors (Lipinski definition) is 0. The zero-order valence-electron chi connectivity index (χ0n) is 11.0. The van der Waals surface area contributed by atoms with E-state index in [0.717, 1.165) is 0 Å². The van der Waals surface area contributed by atoms with Gasteiger partial charge in [0, 0.05) is 27.5 Å². The van der Waals surface area contributed by atoms with Gasteiger partial charge in [0.1, 0.15) is 11.8 Å². The molecule has 0 bridgehead atoms. The molecule has 96 valence electrons. The summed E-state index contributed by atoms with van der Waals surface area (Å²) in [6, 6.07) is 1.77. The number of nitrogens with zero attached hydrogens (tertiary/aromatic N) is 2. The smallest absolute Gasteiger partial charge is 0.200 e. The second-order valence-electron chi connectivity index (χ2n) is 4.04. The molecule has 0 N–H and O–H groups in total. The van der Waals surface area contributed by atoms with Gasteiger partial charge in [0.2, 0.25) is 6.29 Å². The molecule has 0 amide bonds. The Morgan fingerprint density at radius 1 is 1.06 bits per heavy atom. The fraction of sp³-hybridized carbons (Fsp3) is 0.667. The highest BCUT2D eigenvalue weighted by atomic mass is 16.7. The van der Waals surface area contributed by atoms with Gasteiger partial charge < -0.3 is 14.2 Å². The second kappa shape index (κ2) is 6.64. The first-order chi connectivity index (χ1) is 8.13. The van der Waals surface area contributed by atoms with Gasteiger partial charge in [-0.25, -0.2) is 9.97 Å². The molecule has 0 aliphatic heterocycles. The third kappa shape index (κ3) is 3.46. The summed E-state index contributed by atoms with van der Waals surface area (Å²) in [6.45, 7) is 4.13. The van der Waals surface area contributed by atoms with E-state index < -0.39 is 6.29 Å². The zero-order chi connectivity index (χ0) is 12.8. The van der Waals surface area contributed by atoms with E-state index in [9.17, 15) is 0 Å². The van der Waals surface area contributed by atoms with Crippen LogP contribution in [0.5, 0.6) is 0 Å². The van der Waals surface area contributed by atoms with E-state index in [4.69, 9.17) is 14.2 Å². The van der Waals surface area contributed by atoms with Crippen molar-refractivity contribution in [3.05, 3.63) is 23.8 Å². The van der Waals surface area contributed by atoms with Crippen LogP contribution in [-0.2, 0) is 14.2 Å². The molecule has 0 aliphatic rings. The average Bonchev–Trinajstić information content (AvgIpc) is 2.31. The molecule has 0 fully saturated rings. The van der Waals surface area contributed by atoms with Crippen molar-refractivity contribution in [1.29, 1.82) is 0 Å². The Labute approximate surface area is 102 Å². The van der Waals surface area contributed by atoms with E-state index in [1.54, 1.807) is 33.6 Å². The lowest BCUT2D eigenvalue weighted by molar-refractivity contribution is -0.109. The monoisotopic (exact) mass is 240 g/mol. The molecular weight excluding hydrogens is 220 g/mol. The Morgan fingerprint density at radius 3 is 2.18 bits per heavy atom. The topological polar surface area (TPSA) is 53.5 Å². The first-order valence-corrected chi connectivity index (χ1v) is 5.55. The summed E-state index contributed by atoms with van der Waals surface area (Å²) >= 11 is 0. The van der Waals surface area contributed by atoms with Crippen LogP contribution < -0.4 is 0 Å². The molecule has 0 radical (unpaired) electrons. The summed E-state index contributed by atoms with van der Waals surface area (Å²) in [5.41, 5.74) is 0.697. The first kappa shape index (κ1) is 14.0. The van der Waals surface area contributed by atoms with Crippen LogP contribution in [0.25, 0.3) is 0 Å². The first-order valence-electron chi connectivity index (χ1n) is 5.55. The number of rotatable bonds is 6. The Kier molecular flexibility index (Phi) is 5.47.